The topological polar surface area (TPSA) is 94.3 Å². The first-order valence-corrected chi connectivity index (χ1v) is 12.5. The van der Waals surface area contributed by atoms with Gasteiger partial charge >= 0.3 is 0 Å². The highest BCUT2D eigenvalue weighted by Gasteiger charge is 2.17. The third kappa shape index (κ3) is 6.06. The molecule has 1 N–H and O–H groups in total. The van der Waals surface area contributed by atoms with Crippen molar-refractivity contribution in [3.8, 4) is 22.8 Å². The smallest absolute Gasteiger partial charge is 0.250 e. The molecule has 0 spiro atoms. The molecule has 0 bridgehead atoms. The summed E-state index contributed by atoms with van der Waals surface area (Å²) >= 11 is 6.21. The number of halogens is 1. The van der Waals surface area contributed by atoms with Gasteiger partial charge in [-0.3, -0.25) is 14.3 Å². The van der Waals surface area contributed by atoms with Crippen molar-refractivity contribution in [3.05, 3.63) is 69.6 Å². The van der Waals surface area contributed by atoms with E-state index in [1.807, 2.05) is 60.0 Å². The van der Waals surface area contributed by atoms with Gasteiger partial charge in [-0.1, -0.05) is 11.8 Å². The Morgan fingerprint density at radius 3 is 2.79 bits per heavy atom. The number of nitrogens with one attached hydrogen (secondary N) is 1. The molecule has 0 aliphatic carbocycles. The van der Waals surface area contributed by atoms with E-state index in [0.29, 0.717) is 17.6 Å². The molecule has 4 rings (SSSR count). The summed E-state index contributed by atoms with van der Waals surface area (Å²) in [4.78, 5) is 17.4. The number of carbonyl (C=O) groups excluding carboxylic acids is 1. The zero-order valence-electron chi connectivity index (χ0n) is 17.5. The number of hydrazone groups is 1. The number of thioether (sulfide) groups is 1. The molecule has 3 heterocycles. The Morgan fingerprint density at radius 2 is 2.09 bits per heavy atom. The minimum Gasteiger partial charge on any atom is -0.494 e. The van der Waals surface area contributed by atoms with Crippen LogP contribution >= 0.6 is 39.0 Å². The summed E-state index contributed by atoms with van der Waals surface area (Å²) in [7, 11) is 0. The summed E-state index contributed by atoms with van der Waals surface area (Å²) in [6.07, 6.45) is 5.05. The Morgan fingerprint density at radius 1 is 1.24 bits per heavy atom. The zero-order valence-corrected chi connectivity index (χ0v) is 20.7. The minimum absolute atomic E-state index is 0.133. The van der Waals surface area contributed by atoms with Gasteiger partial charge in [0.25, 0.3) is 5.91 Å². The molecule has 3 aromatic heterocycles. The van der Waals surface area contributed by atoms with Gasteiger partial charge in [-0.05, 0) is 71.4 Å². The molecular weight excluding hydrogens is 524 g/mol. The molecule has 1 amide bonds. The van der Waals surface area contributed by atoms with Crippen molar-refractivity contribution in [2.24, 2.45) is 5.10 Å². The molecule has 11 heteroatoms. The highest BCUT2D eigenvalue weighted by Crippen LogP contribution is 2.28. The fourth-order valence-electron chi connectivity index (χ4n) is 2.86. The lowest BCUT2D eigenvalue weighted by Crippen LogP contribution is -2.19. The molecule has 33 heavy (non-hydrogen) atoms. The molecule has 8 nitrogen and oxygen atoms in total. The van der Waals surface area contributed by atoms with Crippen LogP contribution in [0.5, 0.6) is 5.75 Å². The van der Waals surface area contributed by atoms with Gasteiger partial charge in [0.05, 0.1) is 22.4 Å². The largest absolute Gasteiger partial charge is 0.494 e. The molecule has 4 aromatic rings. The quantitative estimate of drug-likeness (QED) is 0.185. The molecule has 0 radical (unpaired) electrons. The molecule has 0 aliphatic rings. The van der Waals surface area contributed by atoms with Gasteiger partial charge in [-0.2, -0.15) is 5.10 Å². The third-order valence-electron chi connectivity index (χ3n) is 4.27. The fourth-order valence-corrected chi connectivity index (χ4v) is 4.90. The second-order valence-electron chi connectivity index (χ2n) is 6.53. The first-order valence-electron chi connectivity index (χ1n) is 9.93. The van der Waals surface area contributed by atoms with Gasteiger partial charge in [0.2, 0.25) is 0 Å². The second-order valence-corrected chi connectivity index (χ2v) is 9.97. The highest BCUT2D eigenvalue weighted by atomic mass is 79.9. The molecule has 168 valence electrons. The normalized spacial score (nSPS) is 11.1. The Kier molecular flexibility index (Phi) is 7.87. The number of benzene rings is 1. The van der Waals surface area contributed by atoms with Crippen LogP contribution in [0.15, 0.2) is 75.0 Å². The van der Waals surface area contributed by atoms with E-state index < -0.39 is 0 Å². The highest BCUT2D eigenvalue weighted by molar-refractivity contribution is 9.11. The van der Waals surface area contributed by atoms with Crippen molar-refractivity contribution in [2.75, 3.05) is 12.4 Å². The average Bonchev–Trinajstić information content (AvgIpc) is 3.45. The van der Waals surface area contributed by atoms with E-state index in [1.54, 1.807) is 18.6 Å². The van der Waals surface area contributed by atoms with E-state index in [-0.39, 0.29) is 11.7 Å². The molecule has 0 atom stereocenters. The molecule has 0 saturated carbocycles. The number of rotatable bonds is 9. The number of nitrogens with zero attached hydrogens (tertiary/aromatic N) is 5. The van der Waals surface area contributed by atoms with Crippen molar-refractivity contribution < 1.29 is 9.53 Å². The standard InChI is InChI=1S/C22H19BrN6O2S2/c1-2-31-17-7-5-16(6-8-17)29-21(15-4-3-11-24-12-15)27-28-22(29)32-14-20(30)26-25-13-18-9-10-19(23)33-18/h3-13H,2,14H2,1H3,(H,26,30)/b25-13-. The lowest BCUT2D eigenvalue weighted by Gasteiger charge is -2.11. The van der Waals surface area contributed by atoms with Crippen LogP contribution in [-0.2, 0) is 4.79 Å². The average molecular weight is 543 g/mol. The van der Waals surface area contributed by atoms with Gasteiger partial charge in [-0.25, -0.2) is 5.43 Å². The van der Waals surface area contributed by atoms with Gasteiger partial charge < -0.3 is 4.74 Å². The van der Waals surface area contributed by atoms with Gasteiger partial charge in [0.1, 0.15) is 5.75 Å². The van der Waals surface area contributed by atoms with Crippen LogP contribution in [0.4, 0.5) is 0 Å². The molecule has 0 saturated heterocycles. The van der Waals surface area contributed by atoms with E-state index in [0.717, 1.165) is 25.7 Å². The van der Waals surface area contributed by atoms with Crippen LogP contribution in [0.1, 0.15) is 11.8 Å². The number of pyridine rings is 1. The predicted molar refractivity (Wildman–Crippen MR) is 134 cm³/mol. The molecule has 0 fully saturated rings. The van der Waals surface area contributed by atoms with Crippen LogP contribution in [-0.4, -0.2) is 44.2 Å². The SMILES string of the molecule is CCOc1ccc(-n2c(SCC(=O)N/N=C\c3ccc(Br)s3)nnc2-c2cccnc2)cc1. The summed E-state index contributed by atoms with van der Waals surface area (Å²) in [6, 6.07) is 15.3. The lowest BCUT2D eigenvalue weighted by atomic mass is 10.2. The summed E-state index contributed by atoms with van der Waals surface area (Å²) < 4.78 is 8.45. The van der Waals surface area contributed by atoms with Crippen molar-refractivity contribution in [2.45, 2.75) is 12.1 Å². The number of carbonyl (C=O) groups is 1. The minimum atomic E-state index is -0.240. The second kappa shape index (κ2) is 11.2. The molecule has 1 aromatic carbocycles. The third-order valence-corrected chi connectivity index (χ3v) is 6.75. The number of ether oxygens (including phenoxy) is 1. The van der Waals surface area contributed by atoms with Crippen molar-refractivity contribution in [1.29, 1.82) is 0 Å². The maximum atomic E-state index is 12.3. The number of hydrogen-bond donors (Lipinski definition) is 1. The van der Waals surface area contributed by atoms with Crippen molar-refractivity contribution in [3.63, 3.8) is 0 Å². The van der Waals surface area contributed by atoms with Crippen molar-refractivity contribution >= 4 is 51.2 Å². The number of amides is 1. The molecular formula is C22H19BrN6O2S2. The monoisotopic (exact) mass is 542 g/mol. The van der Waals surface area contributed by atoms with E-state index in [2.05, 4.69) is 41.6 Å². The predicted octanol–water partition coefficient (Wildman–Crippen LogP) is 4.79. The Balaban J connectivity index is 1.52. The maximum absolute atomic E-state index is 12.3. The van der Waals surface area contributed by atoms with Crippen LogP contribution in [0, 0.1) is 0 Å². The fraction of sp³-hybridized carbons (Fsp3) is 0.136. The first-order chi connectivity index (χ1) is 16.1. The summed E-state index contributed by atoms with van der Waals surface area (Å²) in [6.45, 7) is 2.53. The summed E-state index contributed by atoms with van der Waals surface area (Å²) in [5, 5.41) is 13.3. The maximum Gasteiger partial charge on any atom is 0.250 e. The van der Waals surface area contributed by atoms with Crippen LogP contribution in [0.3, 0.4) is 0 Å². The van der Waals surface area contributed by atoms with E-state index >= 15 is 0 Å². The van der Waals surface area contributed by atoms with Gasteiger partial charge in [-0.15, -0.1) is 21.5 Å². The Hall–Kier alpha value is -3.02. The van der Waals surface area contributed by atoms with Crippen molar-refractivity contribution in [1.82, 2.24) is 25.2 Å². The van der Waals surface area contributed by atoms with E-state index in [9.17, 15) is 4.79 Å². The van der Waals surface area contributed by atoms with E-state index in [4.69, 9.17) is 4.74 Å². The van der Waals surface area contributed by atoms with Gasteiger partial charge in [0, 0.05) is 28.5 Å². The zero-order chi connectivity index (χ0) is 23.0. The van der Waals surface area contributed by atoms with Crippen LogP contribution in [0.25, 0.3) is 17.1 Å². The Bertz CT molecular complexity index is 1240. The first kappa shape index (κ1) is 23.1. The Labute approximate surface area is 207 Å². The van der Waals surface area contributed by atoms with Crippen LogP contribution < -0.4 is 10.2 Å². The van der Waals surface area contributed by atoms with E-state index in [1.165, 1.54) is 23.1 Å². The van der Waals surface area contributed by atoms with Crippen LogP contribution in [0.2, 0.25) is 0 Å². The number of hydrogen-bond acceptors (Lipinski definition) is 8. The number of thiophene rings is 1. The molecule has 0 unspecified atom stereocenters. The van der Waals surface area contributed by atoms with Gasteiger partial charge in [0.15, 0.2) is 11.0 Å². The lowest BCUT2D eigenvalue weighted by molar-refractivity contribution is -0.118. The molecule has 0 aliphatic heterocycles. The summed E-state index contributed by atoms with van der Waals surface area (Å²) in [5.74, 6) is 1.31. The number of aromatic nitrogens is 4. The summed E-state index contributed by atoms with van der Waals surface area (Å²) in [5.41, 5.74) is 4.22.